The Bertz CT molecular complexity index is 1040. The fourth-order valence-electron chi connectivity index (χ4n) is 2.98. The topological polar surface area (TPSA) is 46.9 Å². The normalized spacial score (nSPS) is 11.2. The Morgan fingerprint density at radius 2 is 2.00 bits per heavy atom. The third-order valence-electron chi connectivity index (χ3n) is 4.47. The van der Waals surface area contributed by atoms with Gasteiger partial charge in [-0.15, -0.1) is 22.7 Å². The summed E-state index contributed by atoms with van der Waals surface area (Å²) in [4.78, 5) is 18.4. The van der Waals surface area contributed by atoms with Crippen molar-refractivity contribution in [3.8, 4) is 0 Å². The first kappa shape index (κ1) is 17.0. The molecule has 0 aliphatic rings. The van der Waals surface area contributed by atoms with Crippen LogP contribution in [0.3, 0.4) is 0 Å². The van der Waals surface area contributed by atoms with E-state index in [4.69, 9.17) is 0 Å². The van der Waals surface area contributed by atoms with E-state index in [0.717, 1.165) is 33.8 Å². The number of hydrogen-bond donors (Lipinski definition) is 1. The molecule has 4 aromatic rings. The van der Waals surface area contributed by atoms with Gasteiger partial charge in [0.05, 0.1) is 15.9 Å². The zero-order chi connectivity index (χ0) is 18.1. The van der Waals surface area contributed by atoms with Crippen LogP contribution in [-0.4, -0.2) is 15.5 Å². The molecule has 0 saturated carbocycles. The van der Waals surface area contributed by atoms with Crippen LogP contribution >= 0.6 is 22.7 Å². The van der Waals surface area contributed by atoms with E-state index in [-0.39, 0.29) is 5.91 Å². The number of rotatable bonds is 5. The fraction of sp³-hybridized carbons (Fsp3) is 0.200. The van der Waals surface area contributed by atoms with E-state index < -0.39 is 0 Å². The van der Waals surface area contributed by atoms with Gasteiger partial charge in [-0.05, 0) is 43.3 Å². The molecule has 0 atom stereocenters. The van der Waals surface area contributed by atoms with E-state index in [1.165, 1.54) is 16.9 Å². The van der Waals surface area contributed by atoms with Crippen molar-refractivity contribution in [3.63, 3.8) is 0 Å². The van der Waals surface area contributed by atoms with Gasteiger partial charge < -0.3 is 4.57 Å². The molecule has 3 aromatic heterocycles. The summed E-state index contributed by atoms with van der Waals surface area (Å²) in [7, 11) is 0. The molecule has 6 heteroatoms. The first-order valence-electron chi connectivity index (χ1n) is 8.48. The molecule has 4 nitrogen and oxygen atoms in total. The van der Waals surface area contributed by atoms with Crippen molar-refractivity contribution in [1.82, 2.24) is 9.55 Å². The molecule has 4 rings (SSSR count). The summed E-state index contributed by atoms with van der Waals surface area (Å²) in [5.74, 6) is -0.102. The summed E-state index contributed by atoms with van der Waals surface area (Å²) in [6.45, 7) is 4.74. The van der Waals surface area contributed by atoms with Crippen molar-refractivity contribution >= 4 is 43.9 Å². The second-order valence-corrected chi connectivity index (χ2v) is 8.35. The first-order valence-corrected chi connectivity index (χ1v) is 10.2. The average molecular weight is 382 g/mol. The third kappa shape index (κ3) is 3.30. The summed E-state index contributed by atoms with van der Waals surface area (Å²) in [6.07, 6.45) is 0.885. The van der Waals surface area contributed by atoms with Crippen LogP contribution in [0.5, 0.6) is 0 Å². The lowest BCUT2D eigenvalue weighted by molar-refractivity contribution is 0.101. The molecule has 0 unspecified atom stereocenters. The number of carbonyl (C=O) groups is 1. The zero-order valence-corrected chi connectivity index (χ0v) is 16.3. The largest absolute Gasteiger partial charge is 0.335 e. The quantitative estimate of drug-likeness (QED) is 0.512. The number of carbonyl (C=O) groups excluding carboxylic acids is 1. The number of nitrogens with zero attached hydrogens (tertiary/aromatic N) is 2. The standard InChI is InChI=1S/C20H19N3OS2/c1-13-14(2)26-20(21-13)22-19(24)17-12-18-16(9-11-25-18)23(17)10-8-15-6-4-3-5-7-15/h3-7,9,11-12H,8,10H2,1-2H3,(H,21,22,24). The van der Waals surface area contributed by atoms with Crippen LogP contribution in [0.1, 0.15) is 26.6 Å². The smallest absolute Gasteiger partial charge is 0.274 e. The molecule has 26 heavy (non-hydrogen) atoms. The maximum absolute atomic E-state index is 12.9. The van der Waals surface area contributed by atoms with Gasteiger partial charge in [0.25, 0.3) is 5.91 Å². The van der Waals surface area contributed by atoms with Gasteiger partial charge in [-0.1, -0.05) is 30.3 Å². The fourth-order valence-corrected chi connectivity index (χ4v) is 4.61. The lowest BCUT2D eigenvalue weighted by atomic mass is 10.1. The van der Waals surface area contributed by atoms with Crippen LogP contribution in [0.15, 0.2) is 47.8 Å². The Hall–Kier alpha value is -2.44. The highest BCUT2D eigenvalue weighted by atomic mass is 32.1. The zero-order valence-electron chi connectivity index (χ0n) is 14.7. The Labute approximate surface area is 160 Å². The van der Waals surface area contributed by atoms with Crippen molar-refractivity contribution in [3.05, 3.63) is 69.7 Å². The molecule has 1 N–H and O–H groups in total. The van der Waals surface area contributed by atoms with E-state index in [1.807, 2.05) is 38.1 Å². The molecule has 0 bridgehead atoms. The maximum Gasteiger partial charge on any atom is 0.274 e. The highest BCUT2D eigenvalue weighted by molar-refractivity contribution is 7.17. The number of fused-ring (bicyclic) bond motifs is 1. The second kappa shape index (κ2) is 7.05. The summed E-state index contributed by atoms with van der Waals surface area (Å²) >= 11 is 3.17. The second-order valence-electron chi connectivity index (χ2n) is 6.20. The van der Waals surface area contributed by atoms with Crippen LogP contribution in [0, 0.1) is 13.8 Å². The Morgan fingerprint density at radius 1 is 1.19 bits per heavy atom. The minimum absolute atomic E-state index is 0.102. The van der Waals surface area contributed by atoms with Crippen LogP contribution in [0.4, 0.5) is 5.13 Å². The van der Waals surface area contributed by atoms with E-state index in [9.17, 15) is 4.79 Å². The molecule has 0 aliphatic heterocycles. The van der Waals surface area contributed by atoms with Crippen LogP contribution in [-0.2, 0) is 13.0 Å². The van der Waals surface area contributed by atoms with Gasteiger partial charge in [0.1, 0.15) is 5.69 Å². The first-order chi connectivity index (χ1) is 12.6. The summed E-state index contributed by atoms with van der Waals surface area (Å²) in [5.41, 5.74) is 4.03. The van der Waals surface area contributed by atoms with E-state index in [2.05, 4.69) is 38.4 Å². The molecule has 1 amide bonds. The number of aromatic nitrogens is 2. The van der Waals surface area contributed by atoms with Gasteiger partial charge in [0.15, 0.2) is 5.13 Å². The predicted octanol–water partition coefficient (Wildman–Crippen LogP) is 5.27. The number of thiophene rings is 1. The Morgan fingerprint density at radius 3 is 2.73 bits per heavy atom. The number of benzene rings is 1. The third-order valence-corrected chi connectivity index (χ3v) is 6.31. The van der Waals surface area contributed by atoms with Gasteiger partial charge in [0.2, 0.25) is 0 Å². The minimum Gasteiger partial charge on any atom is -0.335 e. The van der Waals surface area contributed by atoms with Crippen molar-refractivity contribution in [2.75, 3.05) is 5.32 Å². The molecule has 0 aliphatic carbocycles. The van der Waals surface area contributed by atoms with Crippen LogP contribution in [0.25, 0.3) is 10.2 Å². The minimum atomic E-state index is -0.102. The number of nitrogens with one attached hydrogen (secondary N) is 1. The molecular weight excluding hydrogens is 362 g/mol. The number of hydrogen-bond acceptors (Lipinski definition) is 4. The molecular formula is C20H19N3OS2. The summed E-state index contributed by atoms with van der Waals surface area (Å²) < 4.78 is 3.25. The molecule has 0 fully saturated rings. The van der Waals surface area contributed by atoms with E-state index in [0.29, 0.717) is 10.8 Å². The molecule has 0 spiro atoms. The van der Waals surface area contributed by atoms with Crippen LogP contribution < -0.4 is 5.32 Å². The monoisotopic (exact) mass is 381 g/mol. The van der Waals surface area contributed by atoms with Crippen molar-refractivity contribution in [1.29, 1.82) is 0 Å². The summed E-state index contributed by atoms with van der Waals surface area (Å²) in [5, 5.41) is 5.69. The van der Waals surface area contributed by atoms with Crippen molar-refractivity contribution in [2.45, 2.75) is 26.8 Å². The average Bonchev–Trinajstić information content (AvgIpc) is 3.29. The highest BCUT2D eigenvalue weighted by Crippen LogP contribution is 2.27. The van der Waals surface area contributed by atoms with Gasteiger partial charge in [-0.3, -0.25) is 10.1 Å². The maximum atomic E-state index is 12.9. The Balaban J connectivity index is 1.61. The lowest BCUT2D eigenvalue weighted by Gasteiger charge is -2.10. The van der Waals surface area contributed by atoms with Gasteiger partial charge in [-0.25, -0.2) is 4.98 Å². The predicted molar refractivity (Wildman–Crippen MR) is 110 cm³/mol. The van der Waals surface area contributed by atoms with E-state index >= 15 is 0 Å². The summed E-state index contributed by atoms with van der Waals surface area (Å²) in [6, 6.07) is 14.4. The van der Waals surface area contributed by atoms with Gasteiger partial charge in [-0.2, -0.15) is 0 Å². The SMILES string of the molecule is Cc1nc(NC(=O)c2cc3sccc3n2CCc2ccccc2)sc1C. The highest BCUT2D eigenvalue weighted by Gasteiger charge is 2.18. The van der Waals surface area contributed by atoms with Crippen molar-refractivity contribution in [2.24, 2.45) is 0 Å². The number of thiazole rings is 1. The van der Waals surface area contributed by atoms with Crippen molar-refractivity contribution < 1.29 is 4.79 Å². The number of amides is 1. The van der Waals surface area contributed by atoms with Gasteiger partial charge in [0, 0.05) is 11.4 Å². The number of anilines is 1. The number of aryl methyl sites for hydroxylation is 4. The van der Waals surface area contributed by atoms with E-state index in [1.54, 1.807) is 11.3 Å². The molecule has 132 valence electrons. The van der Waals surface area contributed by atoms with Gasteiger partial charge >= 0.3 is 0 Å². The van der Waals surface area contributed by atoms with Crippen LogP contribution in [0.2, 0.25) is 0 Å². The molecule has 1 aromatic carbocycles. The molecule has 0 radical (unpaired) electrons. The lowest BCUT2D eigenvalue weighted by Crippen LogP contribution is -2.17. The Kier molecular flexibility index (Phi) is 4.61. The molecule has 3 heterocycles. The molecule has 0 saturated heterocycles.